The van der Waals surface area contributed by atoms with Crippen LogP contribution in [0.4, 0.5) is 5.69 Å². The number of rotatable bonds is 9. The Labute approximate surface area is 127 Å². The van der Waals surface area contributed by atoms with Crippen molar-refractivity contribution in [3.8, 4) is 0 Å². The maximum Gasteiger partial charge on any atom is 0.0641 e. The van der Waals surface area contributed by atoms with Crippen molar-refractivity contribution in [3.63, 3.8) is 0 Å². The summed E-state index contributed by atoms with van der Waals surface area (Å²) in [6.45, 7) is 6.45. The molecule has 0 amide bonds. The van der Waals surface area contributed by atoms with Crippen molar-refractivity contribution in [1.82, 2.24) is 5.32 Å². The zero-order valence-corrected chi connectivity index (χ0v) is 13.2. The molecule has 4 heteroatoms. The molecule has 1 fully saturated rings. The minimum Gasteiger partial charge on any atom is -0.379 e. The average Bonchev–Trinajstić information content (AvgIpc) is 3.26. The van der Waals surface area contributed by atoms with Crippen molar-refractivity contribution < 1.29 is 4.74 Å². The van der Waals surface area contributed by atoms with Crippen LogP contribution in [0.2, 0.25) is 5.02 Å². The summed E-state index contributed by atoms with van der Waals surface area (Å²) in [5, 5.41) is 4.18. The van der Waals surface area contributed by atoms with Crippen LogP contribution < -0.4 is 10.2 Å². The number of ether oxygens (including phenoxy) is 1. The van der Waals surface area contributed by atoms with E-state index < -0.39 is 0 Å². The zero-order valence-electron chi connectivity index (χ0n) is 12.5. The molecule has 0 spiro atoms. The summed E-state index contributed by atoms with van der Waals surface area (Å²) in [5.41, 5.74) is 2.36. The van der Waals surface area contributed by atoms with E-state index in [-0.39, 0.29) is 0 Å². The Morgan fingerprint density at radius 1 is 1.40 bits per heavy atom. The van der Waals surface area contributed by atoms with Gasteiger partial charge in [-0.25, -0.2) is 0 Å². The zero-order chi connectivity index (χ0) is 14.4. The first-order valence-electron chi connectivity index (χ1n) is 7.49. The van der Waals surface area contributed by atoms with Gasteiger partial charge in [0.05, 0.1) is 6.61 Å². The Kier molecular flexibility index (Phi) is 6.14. The van der Waals surface area contributed by atoms with Gasteiger partial charge in [0, 0.05) is 43.0 Å². The fourth-order valence-corrected chi connectivity index (χ4v) is 2.42. The highest BCUT2D eigenvalue weighted by Gasteiger charge is 2.21. The summed E-state index contributed by atoms with van der Waals surface area (Å²) in [7, 11) is 2.10. The van der Waals surface area contributed by atoms with Gasteiger partial charge in [0.2, 0.25) is 0 Å². The smallest absolute Gasteiger partial charge is 0.0641 e. The second-order valence-corrected chi connectivity index (χ2v) is 5.86. The lowest BCUT2D eigenvalue weighted by atomic mass is 10.1. The Balaban J connectivity index is 1.89. The molecule has 1 aliphatic rings. The fourth-order valence-electron chi connectivity index (χ4n) is 2.19. The number of nitrogens with zero attached hydrogens (tertiary/aromatic N) is 1. The van der Waals surface area contributed by atoms with Crippen molar-refractivity contribution in [2.24, 2.45) is 5.92 Å². The van der Waals surface area contributed by atoms with E-state index in [4.69, 9.17) is 16.3 Å². The lowest BCUT2D eigenvalue weighted by Crippen LogP contribution is -2.25. The highest BCUT2D eigenvalue weighted by molar-refractivity contribution is 6.31. The molecule has 0 aliphatic heterocycles. The Hall–Kier alpha value is -0.770. The Morgan fingerprint density at radius 3 is 2.90 bits per heavy atom. The van der Waals surface area contributed by atoms with E-state index in [0.29, 0.717) is 0 Å². The molecular weight excluding hydrogens is 272 g/mol. The third kappa shape index (κ3) is 4.65. The van der Waals surface area contributed by atoms with Crippen LogP contribution in [-0.4, -0.2) is 33.4 Å². The molecule has 1 aromatic rings. The van der Waals surface area contributed by atoms with Crippen LogP contribution in [0.5, 0.6) is 0 Å². The molecule has 1 aliphatic carbocycles. The normalized spacial score (nSPS) is 14.6. The number of hydrogen-bond donors (Lipinski definition) is 1. The van der Waals surface area contributed by atoms with Crippen molar-refractivity contribution >= 4 is 17.3 Å². The summed E-state index contributed by atoms with van der Waals surface area (Å²) >= 11 is 6.32. The van der Waals surface area contributed by atoms with Crippen LogP contribution in [0.25, 0.3) is 0 Å². The third-order valence-electron chi connectivity index (χ3n) is 3.68. The molecule has 0 bridgehead atoms. The van der Waals surface area contributed by atoms with Gasteiger partial charge in [0.1, 0.15) is 0 Å². The average molecular weight is 297 g/mol. The van der Waals surface area contributed by atoms with Gasteiger partial charge in [-0.15, -0.1) is 0 Å². The lowest BCUT2D eigenvalue weighted by molar-refractivity contribution is 0.131. The molecule has 112 valence electrons. The number of halogens is 1. The van der Waals surface area contributed by atoms with E-state index in [1.54, 1.807) is 0 Å². The molecule has 0 aromatic heterocycles. The van der Waals surface area contributed by atoms with Gasteiger partial charge in [0.15, 0.2) is 0 Å². The molecule has 0 atom stereocenters. The molecule has 2 rings (SSSR count). The van der Waals surface area contributed by atoms with Gasteiger partial charge in [-0.05, 0) is 37.4 Å². The number of anilines is 1. The van der Waals surface area contributed by atoms with E-state index in [1.807, 2.05) is 12.1 Å². The SMILES string of the molecule is CCNCc1c(Cl)cccc1N(C)CCOCC1CC1. The predicted molar refractivity (Wildman–Crippen MR) is 85.6 cm³/mol. The molecule has 0 heterocycles. The first-order chi connectivity index (χ1) is 9.72. The van der Waals surface area contributed by atoms with E-state index in [1.165, 1.54) is 24.1 Å². The maximum atomic E-state index is 6.32. The highest BCUT2D eigenvalue weighted by atomic mass is 35.5. The van der Waals surface area contributed by atoms with Crippen LogP contribution in [-0.2, 0) is 11.3 Å². The first-order valence-corrected chi connectivity index (χ1v) is 7.87. The fraction of sp³-hybridized carbons (Fsp3) is 0.625. The highest BCUT2D eigenvalue weighted by Crippen LogP contribution is 2.29. The summed E-state index contributed by atoms with van der Waals surface area (Å²) in [6.07, 6.45) is 2.69. The molecule has 3 nitrogen and oxygen atoms in total. The Morgan fingerprint density at radius 2 is 2.20 bits per heavy atom. The van der Waals surface area contributed by atoms with Crippen LogP contribution in [0.15, 0.2) is 18.2 Å². The molecule has 0 saturated heterocycles. The standard InChI is InChI=1S/C16H25ClN2O/c1-3-18-11-14-15(17)5-4-6-16(14)19(2)9-10-20-12-13-7-8-13/h4-6,13,18H,3,7-12H2,1-2H3. The van der Waals surface area contributed by atoms with E-state index >= 15 is 0 Å². The molecule has 0 radical (unpaired) electrons. The largest absolute Gasteiger partial charge is 0.379 e. The van der Waals surface area contributed by atoms with Crippen LogP contribution in [0.1, 0.15) is 25.3 Å². The molecule has 1 aromatic carbocycles. The minimum absolute atomic E-state index is 0.778. The van der Waals surface area contributed by atoms with E-state index in [0.717, 1.165) is 43.8 Å². The number of nitrogens with one attached hydrogen (secondary N) is 1. The molecular formula is C16H25ClN2O. The van der Waals surface area contributed by atoms with Crippen LogP contribution in [0.3, 0.4) is 0 Å². The number of hydrogen-bond acceptors (Lipinski definition) is 3. The molecule has 1 saturated carbocycles. The van der Waals surface area contributed by atoms with Gasteiger partial charge in [-0.2, -0.15) is 0 Å². The van der Waals surface area contributed by atoms with Crippen LogP contribution >= 0.6 is 11.6 Å². The molecule has 0 unspecified atom stereocenters. The van der Waals surface area contributed by atoms with Gasteiger partial charge in [0.25, 0.3) is 0 Å². The summed E-state index contributed by atoms with van der Waals surface area (Å²) < 4.78 is 5.71. The molecule has 20 heavy (non-hydrogen) atoms. The topological polar surface area (TPSA) is 24.5 Å². The Bertz CT molecular complexity index is 421. The van der Waals surface area contributed by atoms with Crippen molar-refractivity contribution in [2.45, 2.75) is 26.3 Å². The van der Waals surface area contributed by atoms with E-state index in [9.17, 15) is 0 Å². The van der Waals surface area contributed by atoms with Gasteiger partial charge < -0.3 is 15.0 Å². The first kappa shape index (κ1) is 15.6. The summed E-state index contributed by atoms with van der Waals surface area (Å²) in [5.74, 6) is 0.829. The number of benzene rings is 1. The quantitative estimate of drug-likeness (QED) is 0.708. The second kappa shape index (κ2) is 7.87. The summed E-state index contributed by atoms with van der Waals surface area (Å²) in [4.78, 5) is 2.23. The van der Waals surface area contributed by atoms with Gasteiger partial charge in [-0.1, -0.05) is 24.6 Å². The molecule has 1 N–H and O–H groups in total. The van der Waals surface area contributed by atoms with Crippen molar-refractivity contribution in [3.05, 3.63) is 28.8 Å². The monoisotopic (exact) mass is 296 g/mol. The van der Waals surface area contributed by atoms with Gasteiger partial charge >= 0.3 is 0 Å². The number of likely N-dealkylation sites (N-methyl/N-ethyl adjacent to an activating group) is 1. The van der Waals surface area contributed by atoms with Gasteiger partial charge in [-0.3, -0.25) is 0 Å². The maximum absolute atomic E-state index is 6.32. The second-order valence-electron chi connectivity index (χ2n) is 5.46. The predicted octanol–water partition coefficient (Wildman–Crippen LogP) is 3.31. The lowest BCUT2D eigenvalue weighted by Gasteiger charge is -2.23. The summed E-state index contributed by atoms with van der Waals surface area (Å²) in [6, 6.07) is 6.09. The van der Waals surface area contributed by atoms with E-state index in [2.05, 4.69) is 30.3 Å². The van der Waals surface area contributed by atoms with Crippen molar-refractivity contribution in [2.75, 3.05) is 38.3 Å². The minimum atomic E-state index is 0.778. The van der Waals surface area contributed by atoms with Crippen molar-refractivity contribution in [1.29, 1.82) is 0 Å². The third-order valence-corrected chi connectivity index (χ3v) is 4.03. The van der Waals surface area contributed by atoms with Crippen LogP contribution in [0, 0.1) is 5.92 Å².